The Bertz CT molecular complexity index is 444. The Morgan fingerprint density at radius 1 is 1.35 bits per heavy atom. The molecule has 110 valence electrons. The number of anilines is 1. The number of hydrogen-bond donors (Lipinski definition) is 1. The molecule has 2 rings (SSSR count). The van der Waals surface area contributed by atoms with Gasteiger partial charge in [0.05, 0.1) is 13.0 Å². The number of nitrogens with two attached hydrogens (primary N) is 1. The first-order valence-corrected chi connectivity index (χ1v) is 7.35. The molecule has 1 aliphatic rings. The number of carbonyl (C=O) groups is 1. The fourth-order valence-corrected chi connectivity index (χ4v) is 2.65. The van der Waals surface area contributed by atoms with E-state index in [4.69, 9.17) is 10.5 Å². The lowest BCUT2D eigenvalue weighted by Crippen LogP contribution is -2.46. The van der Waals surface area contributed by atoms with Gasteiger partial charge in [-0.25, -0.2) is 0 Å². The average Bonchev–Trinajstić information content (AvgIpc) is 2.44. The lowest BCUT2D eigenvalue weighted by molar-refractivity contribution is -0.136. The monoisotopic (exact) mass is 276 g/mol. The van der Waals surface area contributed by atoms with Crippen molar-refractivity contribution >= 4 is 11.6 Å². The number of likely N-dealkylation sites (tertiary alicyclic amines) is 1. The molecule has 1 aliphatic heterocycles. The minimum absolute atomic E-state index is 0.194. The fraction of sp³-hybridized carbons (Fsp3) is 0.562. The van der Waals surface area contributed by atoms with Crippen LogP contribution in [0.2, 0.25) is 0 Å². The molecule has 2 atom stereocenters. The van der Waals surface area contributed by atoms with Gasteiger partial charge in [-0.1, -0.05) is 6.92 Å². The molecule has 2 unspecified atom stereocenters. The van der Waals surface area contributed by atoms with Gasteiger partial charge in [-0.2, -0.15) is 0 Å². The number of benzene rings is 1. The summed E-state index contributed by atoms with van der Waals surface area (Å²) in [5, 5.41) is 0. The molecule has 1 saturated heterocycles. The van der Waals surface area contributed by atoms with Crippen LogP contribution in [0.4, 0.5) is 5.69 Å². The van der Waals surface area contributed by atoms with E-state index >= 15 is 0 Å². The van der Waals surface area contributed by atoms with Gasteiger partial charge in [0.15, 0.2) is 0 Å². The van der Waals surface area contributed by atoms with E-state index in [1.807, 2.05) is 17.0 Å². The van der Waals surface area contributed by atoms with E-state index in [9.17, 15) is 4.79 Å². The van der Waals surface area contributed by atoms with Crippen LogP contribution in [0.1, 0.15) is 33.1 Å². The molecule has 4 heteroatoms. The molecular weight excluding hydrogens is 252 g/mol. The number of rotatable bonds is 4. The first-order valence-electron chi connectivity index (χ1n) is 7.35. The molecule has 1 aromatic rings. The lowest BCUT2D eigenvalue weighted by Gasteiger charge is -2.38. The highest BCUT2D eigenvalue weighted by Gasteiger charge is 2.27. The highest BCUT2D eigenvalue weighted by Crippen LogP contribution is 2.23. The fourth-order valence-electron chi connectivity index (χ4n) is 2.65. The zero-order valence-electron chi connectivity index (χ0n) is 12.3. The van der Waals surface area contributed by atoms with Crippen LogP contribution < -0.4 is 10.5 Å². The Hall–Kier alpha value is -1.71. The Kier molecular flexibility index (Phi) is 4.88. The third-order valence-electron chi connectivity index (χ3n) is 4.16. The van der Waals surface area contributed by atoms with Gasteiger partial charge in [0.25, 0.3) is 0 Å². The summed E-state index contributed by atoms with van der Waals surface area (Å²) in [5.74, 6) is 1.54. The zero-order chi connectivity index (χ0) is 14.5. The molecule has 0 aliphatic carbocycles. The van der Waals surface area contributed by atoms with Gasteiger partial charge in [-0.15, -0.1) is 0 Å². The predicted molar refractivity (Wildman–Crippen MR) is 80.5 cm³/mol. The molecule has 0 saturated carbocycles. The van der Waals surface area contributed by atoms with E-state index in [2.05, 4.69) is 13.8 Å². The van der Waals surface area contributed by atoms with Gasteiger partial charge in [-0.05, 0) is 49.9 Å². The highest BCUT2D eigenvalue weighted by molar-refractivity contribution is 5.76. The number of nitrogens with zero attached hydrogens (tertiary/aromatic N) is 1. The first-order chi connectivity index (χ1) is 9.58. The largest absolute Gasteiger partial charge is 0.493 e. The van der Waals surface area contributed by atoms with Crippen LogP contribution in [0.15, 0.2) is 24.3 Å². The molecule has 1 amide bonds. The van der Waals surface area contributed by atoms with Crippen molar-refractivity contribution in [2.75, 3.05) is 18.9 Å². The molecule has 0 aromatic heterocycles. The van der Waals surface area contributed by atoms with Crippen LogP contribution in [0.25, 0.3) is 0 Å². The van der Waals surface area contributed by atoms with Crippen LogP contribution in [-0.4, -0.2) is 30.0 Å². The number of hydrogen-bond acceptors (Lipinski definition) is 3. The molecule has 20 heavy (non-hydrogen) atoms. The van der Waals surface area contributed by atoms with Crippen molar-refractivity contribution in [3.8, 4) is 5.75 Å². The third kappa shape index (κ3) is 3.65. The van der Waals surface area contributed by atoms with Gasteiger partial charge < -0.3 is 15.4 Å². The van der Waals surface area contributed by atoms with E-state index < -0.39 is 0 Å². The SMILES string of the molecule is CC1CCCN(C(=O)CCOc2ccc(N)cc2)C1C. The van der Waals surface area contributed by atoms with Crippen LogP contribution in [-0.2, 0) is 4.79 Å². The molecule has 4 nitrogen and oxygen atoms in total. The molecule has 0 spiro atoms. The van der Waals surface area contributed by atoms with Crippen LogP contribution in [0.3, 0.4) is 0 Å². The molecule has 1 fully saturated rings. The van der Waals surface area contributed by atoms with Gasteiger partial charge in [0, 0.05) is 18.3 Å². The van der Waals surface area contributed by atoms with Crippen molar-refractivity contribution in [1.29, 1.82) is 0 Å². The summed E-state index contributed by atoms with van der Waals surface area (Å²) in [6.45, 7) is 5.66. The van der Waals surface area contributed by atoms with Crippen molar-refractivity contribution in [3.63, 3.8) is 0 Å². The molecule has 1 aromatic carbocycles. The summed E-state index contributed by atoms with van der Waals surface area (Å²) in [4.78, 5) is 14.2. The minimum Gasteiger partial charge on any atom is -0.493 e. The maximum absolute atomic E-state index is 12.2. The number of ether oxygens (including phenoxy) is 1. The quantitative estimate of drug-likeness (QED) is 0.860. The van der Waals surface area contributed by atoms with Crippen molar-refractivity contribution in [2.24, 2.45) is 5.92 Å². The second-order valence-electron chi connectivity index (χ2n) is 5.61. The Balaban J connectivity index is 1.78. The van der Waals surface area contributed by atoms with Gasteiger partial charge in [0.1, 0.15) is 5.75 Å². The van der Waals surface area contributed by atoms with Crippen molar-refractivity contribution in [3.05, 3.63) is 24.3 Å². The topological polar surface area (TPSA) is 55.6 Å². The number of amides is 1. The van der Waals surface area contributed by atoms with Crippen LogP contribution in [0.5, 0.6) is 5.75 Å². The maximum Gasteiger partial charge on any atom is 0.226 e. The summed E-state index contributed by atoms with van der Waals surface area (Å²) >= 11 is 0. The smallest absolute Gasteiger partial charge is 0.226 e. The summed E-state index contributed by atoms with van der Waals surface area (Å²) < 4.78 is 5.58. The van der Waals surface area contributed by atoms with Gasteiger partial charge >= 0.3 is 0 Å². The van der Waals surface area contributed by atoms with E-state index in [0.717, 1.165) is 18.7 Å². The van der Waals surface area contributed by atoms with E-state index in [1.165, 1.54) is 6.42 Å². The standard InChI is InChI=1S/C16H24N2O2/c1-12-4-3-10-18(13(12)2)16(19)9-11-20-15-7-5-14(17)6-8-15/h5-8,12-13H,3-4,9-11,17H2,1-2H3. The number of nitrogen functional groups attached to an aromatic ring is 1. The molecular formula is C16H24N2O2. The van der Waals surface area contributed by atoms with E-state index in [1.54, 1.807) is 12.1 Å². The Morgan fingerprint density at radius 2 is 2.05 bits per heavy atom. The summed E-state index contributed by atoms with van der Waals surface area (Å²) in [6.07, 6.45) is 2.75. The van der Waals surface area contributed by atoms with Gasteiger partial charge in [0.2, 0.25) is 5.91 Å². The molecule has 0 bridgehead atoms. The minimum atomic E-state index is 0.194. The Labute approximate surface area is 120 Å². The van der Waals surface area contributed by atoms with Crippen LogP contribution >= 0.6 is 0 Å². The van der Waals surface area contributed by atoms with E-state index in [-0.39, 0.29) is 5.91 Å². The molecule has 1 heterocycles. The van der Waals surface area contributed by atoms with Crippen LogP contribution in [0, 0.1) is 5.92 Å². The van der Waals surface area contributed by atoms with Crippen molar-refractivity contribution in [2.45, 2.75) is 39.2 Å². The zero-order valence-corrected chi connectivity index (χ0v) is 12.3. The number of carbonyl (C=O) groups excluding carboxylic acids is 1. The first kappa shape index (κ1) is 14.7. The normalized spacial score (nSPS) is 22.6. The number of piperidine rings is 1. The second-order valence-corrected chi connectivity index (χ2v) is 5.61. The average molecular weight is 276 g/mol. The predicted octanol–water partition coefficient (Wildman–Crippen LogP) is 2.68. The van der Waals surface area contributed by atoms with E-state index in [0.29, 0.717) is 30.7 Å². The van der Waals surface area contributed by atoms with Gasteiger partial charge in [-0.3, -0.25) is 4.79 Å². The molecule has 2 N–H and O–H groups in total. The highest BCUT2D eigenvalue weighted by atomic mass is 16.5. The van der Waals surface area contributed by atoms with Crippen molar-refractivity contribution < 1.29 is 9.53 Å². The van der Waals surface area contributed by atoms with Crippen molar-refractivity contribution in [1.82, 2.24) is 4.90 Å². The summed E-state index contributed by atoms with van der Waals surface area (Å²) in [6, 6.07) is 7.58. The maximum atomic E-state index is 12.2. The lowest BCUT2D eigenvalue weighted by atomic mass is 9.92. The summed E-state index contributed by atoms with van der Waals surface area (Å²) in [5.41, 5.74) is 6.33. The second kappa shape index (κ2) is 6.64. The summed E-state index contributed by atoms with van der Waals surface area (Å²) in [7, 11) is 0. The third-order valence-corrected chi connectivity index (χ3v) is 4.16. The molecule has 0 radical (unpaired) electrons. The Morgan fingerprint density at radius 3 is 2.75 bits per heavy atom.